The fourth-order valence-electron chi connectivity index (χ4n) is 2.88. The van der Waals surface area contributed by atoms with Gasteiger partial charge in [0.1, 0.15) is 11.0 Å². The number of carbonyl (C=O) groups is 1. The molecule has 3 rings (SSSR count). The Balaban J connectivity index is 1.52. The highest BCUT2D eigenvalue weighted by atomic mass is 35.5. The Kier molecular flexibility index (Phi) is 4.98. The molecule has 6 heteroatoms. The van der Waals surface area contributed by atoms with Crippen molar-refractivity contribution in [1.82, 2.24) is 14.8 Å². The molecule has 0 bridgehead atoms. The lowest BCUT2D eigenvalue weighted by molar-refractivity contribution is -0.130. The summed E-state index contributed by atoms with van der Waals surface area (Å²) in [5.74, 6) is 0.967. The Morgan fingerprint density at radius 1 is 1.26 bits per heavy atom. The standard InChI is InChI=1S/C17H21ClN4O/c1-13(23)22-10-8-21(9-11-22)7-6-19-16-12-14-4-2-3-5-15(14)17(18)20-16/h2-5,12H,6-11H2,1H3,(H,19,20). The molecule has 1 aromatic carbocycles. The summed E-state index contributed by atoms with van der Waals surface area (Å²) in [7, 11) is 0. The van der Waals surface area contributed by atoms with Crippen LogP contribution in [0, 0.1) is 0 Å². The maximum Gasteiger partial charge on any atom is 0.219 e. The predicted molar refractivity (Wildman–Crippen MR) is 93.9 cm³/mol. The van der Waals surface area contributed by atoms with Gasteiger partial charge in [-0.05, 0) is 11.5 Å². The maximum absolute atomic E-state index is 11.3. The number of pyridine rings is 1. The van der Waals surface area contributed by atoms with Crippen molar-refractivity contribution >= 4 is 34.1 Å². The van der Waals surface area contributed by atoms with Crippen LogP contribution in [-0.2, 0) is 4.79 Å². The van der Waals surface area contributed by atoms with Crippen molar-refractivity contribution in [2.45, 2.75) is 6.92 Å². The minimum Gasteiger partial charge on any atom is -0.369 e. The Labute approximate surface area is 141 Å². The van der Waals surface area contributed by atoms with Crippen LogP contribution in [0.15, 0.2) is 30.3 Å². The van der Waals surface area contributed by atoms with Gasteiger partial charge < -0.3 is 10.2 Å². The summed E-state index contributed by atoms with van der Waals surface area (Å²) >= 11 is 6.24. The van der Waals surface area contributed by atoms with Gasteiger partial charge in [-0.25, -0.2) is 4.98 Å². The van der Waals surface area contributed by atoms with Gasteiger partial charge in [-0.1, -0.05) is 35.9 Å². The lowest BCUT2D eigenvalue weighted by Gasteiger charge is -2.34. The molecule has 1 aliphatic heterocycles. The zero-order valence-corrected chi connectivity index (χ0v) is 14.0. The van der Waals surface area contributed by atoms with E-state index >= 15 is 0 Å². The first kappa shape index (κ1) is 16.0. The summed E-state index contributed by atoms with van der Waals surface area (Å²) in [6.45, 7) is 6.84. The molecule has 0 radical (unpaired) electrons. The van der Waals surface area contributed by atoms with Crippen LogP contribution in [0.5, 0.6) is 0 Å². The van der Waals surface area contributed by atoms with Crippen molar-refractivity contribution in [1.29, 1.82) is 0 Å². The average Bonchev–Trinajstić information content (AvgIpc) is 2.55. The summed E-state index contributed by atoms with van der Waals surface area (Å²) < 4.78 is 0. The van der Waals surface area contributed by atoms with Gasteiger partial charge >= 0.3 is 0 Å². The number of anilines is 1. The lowest BCUT2D eigenvalue weighted by atomic mass is 10.2. The van der Waals surface area contributed by atoms with Crippen LogP contribution in [-0.4, -0.2) is 60.0 Å². The smallest absolute Gasteiger partial charge is 0.219 e. The highest BCUT2D eigenvalue weighted by Crippen LogP contribution is 2.24. The van der Waals surface area contributed by atoms with Gasteiger partial charge in [-0.3, -0.25) is 9.69 Å². The van der Waals surface area contributed by atoms with Crippen molar-refractivity contribution in [2.24, 2.45) is 0 Å². The summed E-state index contributed by atoms with van der Waals surface area (Å²) in [5.41, 5.74) is 0. The molecular weight excluding hydrogens is 312 g/mol. The zero-order chi connectivity index (χ0) is 16.2. The fourth-order valence-corrected chi connectivity index (χ4v) is 3.14. The van der Waals surface area contributed by atoms with Crippen molar-refractivity contribution in [3.05, 3.63) is 35.5 Å². The summed E-state index contributed by atoms with van der Waals surface area (Å²) in [6, 6.07) is 9.99. The second-order valence-electron chi connectivity index (χ2n) is 5.79. The molecule has 1 fully saturated rings. The van der Waals surface area contributed by atoms with Crippen LogP contribution in [0.3, 0.4) is 0 Å². The normalized spacial score (nSPS) is 15.8. The molecule has 1 saturated heterocycles. The molecule has 23 heavy (non-hydrogen) atoms. The number of hydrogen-bond acceptors (Lipinski definition) is 4. The van der Waals surface area contributed by atoms with E-state index in [-0.39, 0.29) is 5.91 Å². The molecule has 5 nitrogen and oxygen atoms in total. The van der Waals surface area contributed by atoms with E-state index in [1.54, 1.807) is 6.92 Å². The van der Waals surface area contributed by atoms with Crippen LogP contribution in [0.25, 0.3) is 10.8 Å². The molecule has 122 valence electrons. The number of hydrogen-bond donors (Lipinski definition) is 1. The Bertz CT molecular complexity index is 698. The zero-order valence-electron chi connectivity index (χ0n) is 13.3. The Hall–Kier alpha value is -1.85. The molecule has 1 aliphatic rings. The van der Waals surface area contributed by atoms with Gasteiger partial charge in [0.25, 0.3) is 0 Å². The molecule has 0 atom stereocenters. The number of halogens is 1. The van der Waals surface area contributed by atoms with E-state index in [1.165, 1.54) is 0 Å². The third-order valence-corrected chi connectivity index (χ3v) is 4.53. The van der Waals surface area contributed by atoms with Gasteiger partial charge in [0.05, 0.1) is 0 Å². The number of aromatic nitrogens is 1. The molecule has 0 saturated carbocycles. The molecule has 2 heterocycles. The van der Waals surface area contributed by atoms with E-state index in [0.717, 1.165) is 55.9 Å². The Morgan fingerprint density at radius 3 is 2.74 bits per heavy atom. The Morgan fingerprint density at radius 2 is 2.00 bits per heavy atom. The van der Waals surface area contributed by atoms with E-state index in [2.05, 4.69) is 15.2 Å². The van der Waals surface area contributed by atoms with Crippen molar-refractivity contribution in [3.63, 3.8) is 0 Å². The number of nitrogens with one attached hydrogen (secondary N) is 1. The van der Waals surface area contributed by atoms with Gasteiger partial charge in [-0.15, -0.1) is 0 Å². The number of rotatable bonds is 4. The van der Waals surface area contributed by atoms with E-state index < -0.39 is 0 Å². The molecular formula is C17H21ClN4O. The van der Waals surface area contributed by atoms with Crippen molar-refractivity contribution < 1.29 is 4.79 Å². The monoisotopic (exact) mass is 332 g/mol. The second-order valence-corrected chi connectivity index (χ2v) is 6.15. The number of amides is 1. The van der Waals surface area contributed by atoms with Gasteiger partial charge in [-0.2, -0.15) is 0 Å². The van der Waals surface area contributed by atoms with Gasteiger partial charge in [0.15, 0.2) is 0 Å². The largest absolute Gasteiger partial charge is 0.369 e. The molecule has 1 N–H and O–H groups in total. The van der Waals surface area contributed by atoms with E-state index in [9.17, 15) is 4.79 Å². The molecule has 2 aromatic rings. The predicted octanol–water partition coefficient (Wildman–Crippen LogP) is 2.46. The molecule has 0 unspecified atom stereocenters. The van der Waals surface area contributed by atoms with Crippen molar-refractivity contribution in [3.8, 4) is 0 Å². The van der Waals surface area contributed by atoms with E-state index in [1.807, 2.05) is 35.2 Å². The van der Waals surface area contributed by atoms with Crippen LogP contribution >= 0.6 is 11.6 Å². The first-order valence-corrected chi connectivity index (χ1v) is 8.28. The highest BCUT2D eigenvalue weighted by molar-refractivity contribution is 6.34. The van der Waals surface area contributed by atoms with Crippen LogP contribution in [0.2, 0.25) is 5.15 Å². The number of carbonyl (C=O) groups excluding carboxylic acids is 1. The highest BCUT2D eigenvalue weighted by Gasteiger charge is 2.17. The van der Waals surface area contributed by atoms with Crippen LogP contribution < -0.4 is 5.32 Å². The molecule has 0 aliphatic carbocycles. The topological polar surface area (TPSA) is 48.5 Å². The minimum atomic E-state index is 0.165. The van der Waals surface area contributed by atoms with E-state index in [0.29, 0.717) is 5.15 Å². The van der Waals surface area contributed by atoms with Crippen LogP contribution in [0.1, 0.15) is 6.92 Å². The number of fused-ring (bicyclic) bond motifs is 1. The first-order chi connectivity index (χ1) is 11.1. The third kappa shape index (κ3) is 3.92. The summed E-state index contributed by atoms with van der Waals surface area (Å²) in [4.78, 5) is 20.0. The number of piperazine rings is 1. The second kappa shape index (κ2) is 7.15. The fraction of sp³-hybridized carbons (Fsp3) is 0.412. The molecule has 0 spiro atoms. The first-order valence-electron chi connectivity index (χ1n) is 7.90. The number of benzene rings is 1. The van der Waals surface area contributed by atoms with E-state index in [4.69, 9.17) is 11.6 Å². The van der Waals surface area contributed by atoms with Gasteiger partial charge in [0.2, 0.25) is 5.91 Å². The third-order valence-electron chi connectivity index (χ3n) is 4.25. The quantitative estimate of drug-likeness (QED) is 0.874. The summed E-state index contributed by atoms with van der Waals surface area (Å²) in [6.07, 6.45) is 0. The van der Waals surface area contributed by atoms with Gasteiger partial charge in [0, 0.05) is 51.6 Å². The summed E-state index contributed by atoms with van der Waals surface area (Å²) in [5, 5.41) is 5.93. The van der Waals surface area contributed by atoms with Crippen molar-refractivity contribution in [2.75, 3.05) is 44.6 Å². The maximum atomic E-state index is 11.3. The minimum absolute atomic E-state index is 0.165. The van der Waals surface area contributed by atoms with Crippen LogP contribution in [0.4, 0.5) is 5.82 Å². The molecule has 1 amide bonds. The SMILES string of the molecule is CC(=O)N1CCN(CCNc2cc3ccccc3c(Cl)n2)CC1. The molecule has 1 aromatic heterocycles. The lowest BCUT2D eigenvalue weighted by Crippen LogP contribution is -2.49. The number of nitrogens with zero attached hydrogens (tertiary/aromatic N) is 3. The average molecular weight is 333 g/mol.